The number of ether oxygens (including phenoxy) is 1. The maximum Gasteiger partial charge on any atom is 0.255 e. The number of nitrogen functional groups attached to an aromatic ring is 1. The molecule has 0 radical (unpaired) electrons. The lowest BCUT2D eigenvalue weighted by atomic mass is 9.99. The number of fused-ring (bicyclic) bond motifs is 3. The fraction of sp³-hybridized carbons (Fsp3) is 0.227. The molecule has 33 heavy (non-hydrogen) atoms. The van der Waals surface area contributed by atoms with Gasteiger partial charge < -0.3 is 26.5 Å². The summed E-state index contributed by atoms with van der Waals surface area (Å²) in [5, 5.41) is 21.0. The maximum atomic E-state index is 14.1. The van der Waals surface area contributed by atoms with Crippen LogP contribution in [0.4, 0.5) is 19.0 Å². The summed E-state index contributed by atoms with van der Waals surface area (Å²) in [6.45, 7) is 1.05. The summed E-state index contributed by atoms with van der Waals surface area (Å²) in [6.07, 6.45) is 0.397. The highest BCUT2D eigenvalue weighted by Gasteiger charge is 2.21. The number of nitrogens with zero attached hydrogens (tertiary/aromatic N) is 1. The fourth-order valence-electron chi connectivity index (χ4n) is 3.39. The quantitative estimate of drug-likeness (QED) is 0.410. The van der Waals surface area contributed by atoms with Crippen molar-refractivity contribution in [1.29, 1.82) is 10.8 Å². The zero-order chi connectivity index (χ0) is 24.1. The minimum Gasteiger partial charge on any atom is -0.482 e. The predicted octanol–water partition coefficient (Wildman–Crippen LogP) is 4.32. The van der Waals surface area contributed by atoms with E-state index in [4.69, 9.17) is 32.9 Å². The molecule has 1 atom stereocenters. The van der Waals surface area contributed by atoms with Crippen LogP contribution in [0.15, 0.2) is 42.1 Å². The SMILES string of the molecule is C[C@H]1Oc2cc(cnc2N)/C(NCC(F)F)=C(/C=N)CN/C(=C\C(=N)Cl)c2ccc(F)cc21. The van der Waals surface area contributed by atoms with E-state index >= 15 is 0 Å². The molecule has 0 aliphatic carbocycles. The molecule has 0 amide bonds. The standard InChI is InChI=1S/C22H22ClF3N6O/c1-11-16-5-14(24)2-3-15(16)17(6-19(23)28)30-9-13(7-27)21(31-10-20(25)26)12-4-18(33-11)22(29)32-8-12/h2-8,11,20,27-28,30-31H,9-10H2,1H3,(H2,29,32)/b17-6-,21-13+,27-7?,28-19?/t11-/m1/s1. The maximum absolute atomic E-state index is 14.1. The van der Waals surface area contributed by atoms with Gasteiger partial charge in [-0.15, -0.1) is 0 Å². The van der Waals surface area contributed by atoms with Crippen LogP contribution >= 0.6 is 11.6 Å². The van der Waals surface area contributed by atoms with E-state index in [1.54, 1.807) is 6.92 Å². The van der Waals surface area contributed by atoms with E-state index in [0.29, 0.717) is 28.0 Å². The molecule has 6 N–H and O–H groups in total. The second kappa shape index (κ2) is 10.4. The lowest BCUT2D eigenvalue weighted by molar-refractivity contribution is 0.151. The molecular weight excluding hydrogens is 457 g/mol. The average Bonchev–Trinajstić information content (AvgIpc) is 2.75. The first kappa shape index (κ1) is 24.1. The number of aromatic nitrogens is 1. The highest BCUT2D eigenvalue weighted by Crippen LogP contribution is 2.33. The van der Waals surface area contributed by atoms with Crippen molar-refractivity contribution in [3.8, 4) is 5.75 Å². The number of nitrogens with two attached hydrogens (primary N) is 1. The third kappa shape index (κ3) is 5.83. The average molecular weight is 479 g/mol. The van der Waals surface area contributed by atoms with Crippen LogP contribution < -0.4 is 21.1 Å². The highest BCUT2D eigenvalue weighted by molar-refractivity contribution is 6.68. The van der Waals surface area contributed by atoms with E-state index in [0.717, 1.165) is 6.21 Å². The van der Waals surface area contributed by atoms with Crippen molar-refractivity contribution in [2.75, 3.05) is 18.8 Å². The first-order valence-corrected chi connectivity index (χ1v) is 10.2. The molecule has 1 aliphatic heterocycles. The summed E-state index contributed by atoms with van der Waals surface area (Å²) in [5.74, 6) is -0.267. The molecular formula is C22H22ClF3N6O. The predicted molar refractivity (Wildman–Crippen MR) is 123 cm³/mol. The Hall–Kier alpha value is -3.53. The van der Waals surface area contributed by atoms with Gasteiger partial charge in [-0.1, -0.05) is 11.6 Å². The molecule has 1 aromatic heterocycles. The molecule has 0 unspecified atom stereocenters. The van der Waals surface area contributed by atoms with Gasteiger partial charge in [-0.05, 0) is 37.3 Å². The molecule has 2 bridgehead atoms. The van der Waals surface area contributed by atoms with Crippen LogP contribution in [0, 0.1) is 16.6 Å². The molecule has 2 aromatic rings. The molecule has 0 fully saturated rings. The second-order valence-corrected chi connectivity index (χ2v) is 7.58. The molecule has 1 aliphatic rings. The van der Waals surface area contributed by atoms with Gasteiger partial charge in [0.1, 0.15) is 17.1 Å². The Morgan fingerprint density at radius 2 is 2.18 bits per heavy atom. The number of anilines is 1. The second-order valence-electron chi connectivity index (χ2n) is 7.18. The van der Waals surface area contributed by atoms with Crippen molar-refractivity contribution in [3.05, 3.63) is 64.6 Å². The Morgan fingerprint density at radius 3 is 2.85 bits per heavy atom. The number of benzene rings is 1. The summed E-state index contributed by atoms with van der Waals surface area (Å²) in [5.41, 5.74) is 8.23. The zero-order valence-corrected chi connectivity index (χ0v) is 18.3. The largest absolute Gasteiger partial charge is 0.482 e. The molecule has 0 saturated carbocycles. The Bertz CT molecular complexity index is 1140. The van der Waals surface area contributed by atoms with Gasteiger partial charge in [-0.2, -0.15) is 0 Å². The topological polar surface area (TPSA) is 120 Å². The van der Waals surface area contributed by atoms with E-state index < -0.39 is 24.9 Å². The Labute approximate surface area is 193 Å². The summed E-state index contributed by atoms with van der Waals surface area (Å²) < 4.78 is 46.0. The minimum atomic E-state index is -2.63. The highest BCUT2D eigenvalue weighted by atomic mass is 35.5. The number of pyridine rings is 1. The van der Waals surface area contributed by atoms with Crippen LogP contribution in [0.25, 0.3) is 11.4 Å². The lowest BCUT2D eigenvalue weighted by Gasteiger charge is -2.24. The number of halogens is 4. The number of hydrogen-bond donors (Lipinski definition) is 5. The van der Waals surface area contributed by atoms with Crippen molar-refractivity contribution < 1.29 is 17.9 Å². The van der Waals surface area contributed by atoms with Crippen molar-refractivity contribution in [3.63, 3.8) is 0 Å². The molecule has 0 spiro atoms. The van der Waals surface area contributed by atoms with Crippen LogP contribution in [0.1, 0.15) is 29.7 Å². The number of nitrogens with one attached hydrogen (secondary N) is 4. The van der Waals surface area contributed by atoms with Gasteiger partial charge in [0.25, 0.3) is 6.43 Å². The van der Waals surface area contributed by atoms with Gasteiger partial charge in [0, 0.05) is 52.6 Å². The molecule has 1 aromatic carbocycles. The minimum absolute atomic E-state index is 0.0108. The number of hydrogen-bond acceptors (Lipinski definition) is 7. The van der Waals surface area contributed by atoms with Gasteiger partial charge in [0.2, 0.25) is 0 Å². The van der Waals surface area contributed by atoms with E-state index in [9.17, 15) is 13.2 Å². The normalized spacial score (nSPS) is 19.6. The van der Waals surface area contributed by atoms with Crippen molar-refractivity contribution in [2.45, 2.75) is 19.5 Å². The summed E-state index contributed by atoms with van der Waals surface area (Å²) in [6, 6.07) is 5.60. The smallest absolute Gasteiger partial charge is 0.255 e. The number of alkyl halides is 2. The van der Waals surface area contributed by atoms with Crippen LogP contribution in [-0.4, -0.2) is 35.9 Å². The van der Waals surface area contributed by atoms with Crippen molar-refractivity contribution in [1.82, 2.24) is 15.6 Å². The molecule has 3 rings (SSSR count). The Kier molecular flexibility index (Phi) is 7.59. The number of rotatable bonds is 5. The molecule has 0 saturated heterocycles. The molecule has 7 nitrogen and oxygen atoms in total. The third-order valence-electron chi connectivity index (χ3n) is 4.88. The van der Waals surface area contributed by atoms with E-state index in [1.807, 2.05) is 0 Å². The van der Waals surface area contributed by atoms with Crippen LogP contribution in [0.3, 0.4) is 0 Å². The van der Waals surface area contributed by atoms with Crippen LogP contribution in [-0.2, 0) is 0 Å². The van der Waals surface area contributed by atoms with Gasteiger partial charge in [-0.3, -0.25) is 5.41 Å². The third-order valence-corrected chi connectivity index (χ3v) is 4.99. The summed E-state index contributed by atoms with van der Waals surface area (Å²) in [7, 11) is 0. The van der Waals surface area contributed by atoms with Crippen molar-refractivity contribution in [2.24, 2.45) is 0 Å². The fourth-order valence-corrected chi connectivity index (χ4v) is 3.50. The van der Waals surface area contributed by atoms with E-state index in [-0.39, 0.29) is 29.0 Å². The molecule has 11 heteroatoms. The van der Waals surface area contributed by atoms with Crippen molar-refractivity contribution >= 4 is 40.2 Å². The number of allylic oxidation sites excluding steroid dienone is 1. The summed E-state index contributed by atoms with van der Waals surface area (Å²) in [4.78, 5) is 4.10. The molecule has 174 valence electrons. The van der Waals surface area contributed by atoms with Gasteiger partial charge >= 0.3 is 0 Å². The molecule has 2 heterocycles. The van der Waals surface area contributed by atoms with E-state index in [1.165, 1.54) is 36.5 Å². The Morgan fingerprint density at radius 1 is 1.42 bits per heavy atom. The van der Waals surface area contributed by atoms with Gasteiger partial charge in [-0.25, -0.2) is 18.2 Å². The summed E-state index contributed by atoms with van der Waals surface area (Å²) >= 11 is 5.81. The van der Waals surface area contributed by atoms with Gasteiger partial charge in [0.05, 0.1) is 6.54 Å². The van der Waals surface area contributed by atoms with E-state index in [2.05, 4.69) is 15.6 Å². The lowest BCUT2D eigenvalue weighted by Crippen LogP contribution is -2.26. The monoisotopic (exact) mass is 478 g/mol. The van der Waals surface area contributed by atoms with Crippen LogP contribution in [0.5, 0.6) is 5.75 Å². The van der Waals surface area contributed by atoms with Crippen LogP contribution in [0.2, 0.25) is 0 Å². The Balaban J connectivity index is 2.24. The van der Waals surface area contributed by atoms with Gasteiger partial charge in [0.15, 0.2) is 11.6 Å². The first-order valence-electron chi connectivity index (χ1n) is 9.87. The first-order chi connectivity index (χ1) is 15.7. The zero-order valence-electron chi connectivity index (χ0n) is 17.6.